The van der Waals surface area contributed by atoms with Crippen LogP contribution in [0.1, 0.15) is 22.8 Å². The van der Waals surface area contributed by atoms with Crippen molar-refractivity contribution in [3.05, 3.63) is 162 Å². The molecule has 0 amide bonds. The van der Waals surface area contributed by atoms with Crippen molar-refractivity contribution in [1.82, 2.24) is 19.9 Å². The number of rotatable bonds is 4. The Balaban J connectivity index is 0.00000400. The summed E-state index contributed by atoms with van der Waals surface area (Å²) in [5.74, 6) is 0. The number of H-pyrrole nitrogens is 2. The second kappa shape index (κ2) is 15.0. The minimum Gasteiger partial charge on any atom is -0.354 e. The van der Waals surface area contributed by atoms with Gasteiger partial charge in [-0.2, -0.15) is 0 Å². The van der Waals surface area contributed by atoms with Gasteiger partial charge in [-0.25, -0.2) is 9.97 Å². The number of aromatic amines is 2. The Hall–Kier alpha value is -4.09. The zero-order valence-electron chi connectivity index (χ0n) is 27.6. The molecule has 4 aromatic carbocycles. The van der Waals surface area contributed by atoms with E-state index in [4.69, 9.17) is 9.97 Å². The molecule has 9 heteroatoms. The van der Waals surface area contributed by atoms with Crippen LogP contribution >= 0.6 is 63.7 Å². The van der Waals surface area contributed by atoms with E-state index >= 15 is 0 Å². The molecule has 257 valence electrons. The number of hydrogen-bond donors (Lipinski definition) is 2. The fourth-order valence-electron chi connectivity index (χ4n) is 6.89. The van der Waals surface area contributed by atoms with E-state index in [9.17, 15) is 0 Å². The second-order valence-electron chi connectivity index (χ2n) is 12.5. The Morgan fingerprint density at radius 1 is 0.302 bits per heavy atom. The van der Waals surface area contributed by atoms with Crippen LogP contribution in [-0.4, -0.2) is 19.9 Å². The molecule has 2 aliphatic rings. The molecule has 0 unspecified atom stereocenters. The Morgan fingerprint density at radius 2 is 0.509 bits per heavy atom. The van der Waals surface area contributed by atoms with Gasteiger partial charge in [-0.1, -0.05) is 112 Å². The predicted molar refractivity (Wildman–Crippen MR) is 231 cm³/mol. The summed E-state index contributed by atoms with van der Waals surface area (Å²) in [5, 5.41) is 0. The maximum absolute atomic E-state index is 5.38. The van der Waals surface area contributed by atoms with Gasteiger partial charge in [-0.05, 0) is 119 Å². The van der Waals surface area contributed by atoms with Crippen LogP contribution in [0.4, 0.5) is 0 Å². The van der Waals surface area contributed by atoms with Crippen LogP contribution in [0.2, 0.25) is 0 Å². The molecule has 8 bridgehead atoms. The van der Waals surface area contributed by atoms with E-state index in [-0.39, 0.29) is 16.8 Å². The van der Waals surface area contributed by atoms with Crippen LogP contribution in [0.25, 0.3) is 90.9 Å². The first-order valence-electron chi connectivity index (χ1n) is 16.6. The largest absolute Gasteiger partial charge is 2.00 e. The van der Waals surface area contributed by atoms with Crippen molar-refractivity contribution in [3.63, 3.8) is 0 Å². The summed E-state index contributed by atoms with van der Waals surface area (Å²) >= 11 is 14.5. The topological polar surface area (TPSA) is 57.4 Å². The molecule has 1 radical (unpaired) electrons. The average Bonchev–Trinajstić information content (AvgIpc) is 3.99. The molecule has 0 saturated heterocycles. The van der Waals surface area contributed by atoms with Crippen LogP contribution in [0, 0.1) is 0 Å². The first-order valence-corrected chi connectivity index (χ1v) is 19.8. The number of fused-ring (bicyclic) bond motifs is 8. The summed E-state index contributed by atoms with van der Waals surface area (Å²) in [5.41, 5.74) is 15.6. The van der Waals surface area contributed by atoms with Crippen molar-refractivity contribution in [3.8, 4) is 44.5 Å². The number of hydrogen-bond acceptors (Lipinski definition) is 2. The van der Waals surface area contributed by atoms with Gasteiger partial charge in [0, 0.05) is 62.2 Å². The molecular formula is C44H26Br4CoN4+2. The third-order valence-corrected chi connectivity index (χ3v) is 11.4. The average molecular weight is 989 g/mol. The summed E-state index contributed by atoms with van der Waals surface area (Å²) < 4.78 is 4.07. The number of aromatic nitrogens is 4. The molecule has 2 N–H and O–H groups in total. The van der Waals surface area contributed by atoms with Crippen molar-refractivity contribution in [2.45, 2.75) is 0 Å². The zero-order valence-corrected chi connectivity index (χ0v) is 35.0. The minimum absolute atomic E-state index is 0. The number of nitrogens with zero attached hydrogens (tertiary/aromatic N) is 2. The first kappa shape index (κ1) is 35.9. The normalized spacial score (nSPS) is 11.8. The molecule has 0 fully saturated rings. The van der Waals surface area contributed by atoms with Gasteiger partial charge < -0.3 is 9.97 Å². The third-order valence-electron chi connectivity index (χ3n) is 9.29. The number of benzene rings is 4. The molecular weight excluding hydrogens is 963 g/mol. The second-order valence-corrected chi connectivity index (χ2v) is 16.2. The monoisotopic (exact) mass is 985 g/mol. The first-order chi connectivity index (χ1) is 25.4. The van der Waals surface area contributed by atoms with E-state index in [1.807, 2.05) is 0 Å². The van der Waals surface area contributed by atoms with Crippen LogP contribution < -0.4 is 0 Å². The molecule has 9 rings (SSSR count). The smallest absolute Gasteiger partial charge is 0.354 e. The van der Waals surface area contributed by atoms with Crippen LogP contribution in [0.5, 0.6) is 0 Å². The fraction of sp³-hybridized carbons (Fsp3) is 0. The molecule has 5 heterocycles. The van der Waals surface area contributed by atoms with Gasteiger partial charge in [0.05, 0.1) is 22.8 Å². The quantitative estimate of drug-likeness (QED) is 0.185. The van der Waals surface area contributed by atoms with Gasteiger partial charge in [0.2, 0.25) is 0 Å². The summed E-state index contributed by atoms with van der Waals surface area (Å²) in [7, 11) is 0. The third kappa shape index (κ3) is 7.02. The maximum atomic E-state index is 5.38. The Morgan fingerprint density at radius 3 is 0.717 bits per heavy atom. The maximum Gasteiger partial charge on any atom is 2.00 e. The molecule has 0 atom stereocenters. The van der Waals surface area contributed by atoms with E-state index in [0.29, 0.717) is 0 Å². The van der Waals surface area contributed by atoms with Gasteiger partial charge in [-0.15, -0.1) is 0 Å². The Labute approximate surface area is 350 Å². The summed E-state index contributed by atoms with van der Waals surface area (Å²) in [6.45, 7) is 0. The van der Waals surface area contributed by atoms with E-state index < -0.39 is 0 Å². The molecule has 0 saturated carbocycles. The van der Waals surface area contributed by atoms with Crippen molar-refractivity contribution in [2.24, 2.45) is 0 Å². The molecule has 2 aliphatic heterocycles. The van der Waals surface area contributed by atoms with E-state index in [1.54, 1.807) is 0 Å². The van der Waals surface area contributed by atoms with Crippen molar-refractivity contribution in [2.75, 3.05) is 0 Å². The van der Waals surface area contributed by atoms with E-state index in [2.05, 4.69) is 219 Å². The molecule has 4 nitrogen and oxygen atoms in total. The van der Waals surface area contributed by atoms with Gasteiger partial charge >= 0.3 is 16.8 Å². The molecule has 0 spiro atoms. The van der Waals surface area contributed by atoms with Gasteiger partial charge in [0.15, 0.2) is 0 Å². The summed E-state index contributed by atoms with van der Waals surface area (Å²) in [6, 6.07) is 42.2. The zero-order chi connectivity index (χ0) is 35.3. The number of halogens is 4. The molecule has 53 heavy (non-hydrogen) atoms. The molecule has 7 aromatic rings. The fourth-order valence-corrected chi connectivity index (χ4v) is 7.94. The molecule has 3 aromatic heterocycles. The minimum atomic E-state index is 0. The van der Waals surface area contributed by atoms with Gasteiger partial charge in [-0.3, -0.25) is 0 Å². The van der Waals surface area contributed by atoms with E-state index in [0.717, 1.165) is 107 Å². The van der Waals surface area contributed by atoms with Gasteiger partial charge in [0.25, 0.3) is 0 Å². The van der Waals surface area contributed by atoms with Crippen molar-refractivity contribution in [1.29, 1.82) is 0 Å². The van der Waals surface area contributed by atoms with E-state index in [1.165, 1.54) is 0 Å². The molecule has 0 aliphatic carbocycles. The van der Waals surface area contributed by atoms with Crippen LogP contribution in [-0.2, 0) is 16.8 Å². The Bertz CT molecular complexity index is 2370. The standard InChI is InChI=1S/C44H26Br4N4.Co/c45-29-9-1-25(2-10-29)41-33-17-19-35(49-33)42(26-3-11-30(46)12-4-26)37-21-23-39(51-37)44(28-7-15-32(48)16-8-28)40-24-22-38(52-40)43(36-20-18-34(41)50-36)27-5-13-31(47)14-6-27;/h1-24,49,52H;/q;+2. The van der Waals surface area contributed by atoms with Crippen molar-refractivity contribution < 1.29 is 16.8 Å². The number of nitrogens with one attached hydrogen (secondary N) is 2. The summed E-state index contributed by atoms with van der Waals surface area (Å²) in [6.07, 6.45) is 8.49. The van der Waals surface area contributed by atoms with Gasteiger partial charge in [0.1, 0.15) is 0 Å². The van der Waals surface area contributed by atoms with Crippen LogP contribution in [0.15, 0.2) is 139 Å². The SMILES string of the molecule is Brc1ccc(-c2c3nc(c(-c4ccc(Br)cc4)c4ccc([nH]4)c(-c4ccc(Br)cc4)c4nc(c(-c5ccc(Br)cc5)c5ccc2[nH]5)C=C4)C=C3)cc1.[Co+2]. The Kier molecular flexibility index (Phi) is 10.1. The van der Waals surface area contributed by atoms with Crippen LogP contribution in [0.3, 0.4) is 0 Å². The summed E-state index contributed by atoms with van der Waals surface area (Å²) in [4.78, 5) is 18.4. The van der Waals surface area contributed by atoms with Crippen molar-refractivity contribution >= 4 is 110 Å². The predicted octanol–water partition coefficient (Wildman–Crippen LogP) is 14.4.